The van der Waals surface area contributed by atoms with E-state index in [1.54, 1.807) is 17.4 Å². The Morgan fingerprint density at radius 3 is 2.89 bits per heavy atom. The third kappa shape index (κ3) is 2.67. The van der Waals surface area contributed by atoms with Gasteiger partial charge in [-0.2, -0.15) is 0 Å². The molecule has 1 N–H and O–H groups in total. The van der Waals surface area contributed by atoms with Crippen molar-refractivity contribution >= 4 is 50.3 Å². The average molecular weight is 333 g/mol. The summed E-state index contributed by atoms with van der Waals surface area (Å²) in [7, 11) is 0. The lowest BCUT2D eigenvalue weighted by Gasteiger charge is -1.97. The second-order valence-corrected chi connectivity index (χ2v) is 5.83. The van der Waals surface area contributed by atoms with Crippen molar-refractivity contribution in [2.45, 2.75) is 0 Å². The van der Waals surface area contributed by atoms with Crippen LogP contribution in [0.15, 0.2) is 45.0 Å². The van der Waals surface area contributed by atoms with Gasteiger partial charge in [-0.05, 0) is 46.3 Å². The molecule has 19 heavy (non-hydrogen) atoms. The molecule has 0 aliphatic heterocycles. The monoisotopic (exact) mass is 332 g/mol. The molecule has 94 valence electrons. The van der Waals surface area contributed by atoms with E-state index in [1.165, 1.54) is 0 Å². The molecule has 0 aliphatic rings. The van der Waals surface area contributed by atoms with Crippen LogP contribution in [0.2, 0.25) is 0 Å². The van der Waals surface area contributed by atoms with Crippen LogP contribution in [0.25, 0.3) is 23.1 Å². The van der Waals surface area contributed by atoms with Crippen molar-refractivity contribution in [2.24, 2.45) is 0 Å². The number of nitrogens with one attached hydrogen (secondary N) is 1. The highest BCUT2D eigenvalue weighted by atomic mass is 79.9. The highest BCUT2D eigenvalue weighted by Gasteiger charge is 2.00. The molecule has 5 heteroatoms. The number of aromatic amines is 1. The first-order valence-electron chi connectivity index (χ1n) is 5.63. The van der Waals surface area contributed by atoms with Crippen LogP contribution in [0.4, 0.5) is 0 Å². The first kappa shape index (κ1) is 12.3. The molecule has 3 rings (SSSR count). The minimum Gasteiger partial charge on any atom is -0.306 e. The van der Waals surface area contributed by atoms with Crippen molar-refractivity contribution in [3.8, 4) is 0 Å². The number of nitrogens with zero attached hydrogens (tertiary/aromatic N) is 1. The lowest BCUT2D eigenvalue weighted by atomic mass is 10.2. The number of H-pyrrole nitrogens is 1. The SMILES string of the molecule is O=c1[nH]c(C=Cc2cc(Br)cs2)nc2ccccc12. The molecule has 0 atom stereocenters. The highest BCUT2D eigenvalue weighted by Crippen LogP contribution is 2.21. The Balaban J connectivity index is 2.02. The normalized spacial score (nSPS) is 11.4. The van der Waals surface area contributed by atoms with Gasteiger partial charge in [0.1, 0.15) is 5.82 Å². The molecule has 2 aromatic heterocycles. The molecule has 0 spiro atoms. The Labute approximate surface area is 121 Å². The van der Waals surface area contributed by atoms with E-state index in [0.29, 0.717) is 16.7 Å². The fourth-order valence-corrected chi connectivity index (χ4v) is 3.10. The maximum Gasteiger partial charge on any atom is 0.259 e. The van der Waals surface area contributed by atoms with Gasteiger partial charge < -0.3 is 4.98 Å². The summed E-state index contributed by atoms with van der Waals surface area (Å²) in [6, 6.07) is 9.32. The zero-order chi connectivity index (χ0) is 13.2. The molecule has 0 saturated carbocycles. The van der Waals surface area contributed by atoms with Crippen LogP contribution in [0.5, 0.6) is 0 Å². The fraction of sp³-hybridized carbons (Fsp3) is 0. The van der Waals surface area contributed by atoms with E-state index in [-0.39, 0.29) is 5.56 Å². The fourth-order valence-electron chi connectivity index (χ4n) is 1.76. The first-order chi connectivity index (χ1) is 9.22. The van der Waals surface area contributed by atoms with E-state index in [0.717, 1.165) is 9.35 Å². The second-order valence-electron chi connectivity index (χ2n) is 3.97. The molecule has 0 saturated heterocycles. The highest BCUT2D eigenvalue weighted by molar-refractivity contribution is 9.10. The summed E-state index contributed by atoms with van der Waals surface area (Å²) in [5.74, 6) is 0.563. The molecule has 0 fully saturated rings. The molecule has 3 nitrogen and oxygen atoms in total. The summed E-state index contributed by atoms with van der Waals surface area (Å²) in [5.41, 5.74) is 0.593. The minimum atomic E-state index is -0.113. The van der Waals surface area contributed by atoms with Crippen molar-refractivity contribution in [1.82, 2.24) is 9.97 Å². The van der Waals surface area contributed by atoms with Crippen LogP contribution in [0, 0.1) is 0 Å². The number of fused-ring (bicyclic) bond motifs is 1. The second kappa shape index (κ2) is 5.11. The summed E-state index contributed by atoms with van der Waals surface area (Å²) in [4.78, 5) is 20.2. The molecule has 0 unspecified atom stereocenters. The zero-order valence-electron chi connectivity index (χ0n) is 9.76. The van der Waals surface area contributed by atoms with Gasteiger partial charge in [-0.1, -0.05) is 12.1 Å². The van der Waals surface area contributed by atoms with Gasteiger partial charge in [-0.15, -0.1) is 11.3 Å². The standard InChI is InChI=1S/C14H9BrN2OS/c15-9-7-10(19-8-9)5-6-13-16-12-4-2-1-3-11(12)14(18)17-13/h1-8H,(H,16,17,18). The van der Waals surface area contributed by atoms with E-state index < -0.39 is 0 Å². The smallest absolute Gasteiger partial charge is 0.259 e. The lowest BCUT2D eigenvalue weighted by molar-refractivity contribution is 1.14. The Hall–Kier alpha value is -1.72. The molecule has 0 aliphatic carbocycles. The summed E-state index contributed by atoms with van der Waals surface area (Å²) < 4.78 is 1.05. The zero-order valence-corrected chi connectivity index (χ0v) is 12.2. The molecule has 0 bridgehead atoms. The molecule has 0 radical (unpaired) electrons. The Morgan fingerprint density at radius 1 is 1.26 bits per heavy atom. The molecule has 0 amide bonds. The molecule has 3 aromatic rings. The van der Waals surface area contributed by atoms with E-state index in [4.69, 9.17) is 0 Å². The predicted octanol–water partition coefficient (Wildman–Crippen LogP) is 3.92. The van der Waals surface area contributed by atoms with Gasteiger partial charge >= 0.3 is 0 Å². The van der Waals surface area contributed by atoms with Gasteiger partial charge in [-0.25, -0.2) is 4.98 Å². The van der Waals surface area contributed by atoms with Gasteiger partial charge in [0.15, 0.2) is 0 Å². The topological polar surface area (TPSA) is 45.8 Å². The number of aromatic nitrogens is 2. The summed E-state index contributed by atoms with van der Waals surface area (Å²) in [6.07, 6.45) is 3.74. The van der Waals surface area contributed by atoms with Gasteiger partial charge in [0, 0.05) is 14.7 Å². The van der Waals surface area contributed by atoms with E-state index in [2.05, 4.69) is 25.9 Å². The van der Waals surface area contributed by atoms with Crippen LogP contribution >= 0.6 is 27.3 Å². The third-order valence-electron chi connectivity index (χ3n) is 2.62. The maximum atomic E-state index is 11.9. The number of rotatable bonds is 2. The predicted molar refractivity (Wildman–Crippen MR) is 83.3 cm³/mol. The Bertz CT molecular complexity index is 819. The van der Waals surface area contributed by atoms with Gasteiger partial charge in [-0.3, -0.25) is 4.79 Å². The summed E-state index contributed by atoms with van der Waals surface area (Å²) in [5, 5.41) is 2.62. The average Bonchev–Trinajstić information content (AvgIpc) is 2.82. The van der Waals surface area contributed by atoms with Crippen LogP contribution < -0.4 is 5.56 Å². The van der Waals surface area contributed by atoms with Crippen LogP contribution in [0.3, 0.4) is 0 Å². The number of para-hydroxylation sites is 1. The third-order valence-corrected chi connectivity index (χ3v) is 4.28. The number of thiophene rings is 1. The van der Waals surface area contributed by atoms with Gasteiger partial charge in [0.25, 0.3) is 5.56 Å². The van der Waals surface area contributed by atoms with Crippen molar-refractivity contribution in [2.75, 3.05) is 0 Å². The summed E-state index contributed by atoms with van der Waals surface area (Å²) >= 11 is 5.03. The lowest BCUT2D eigenvalue weighted by Crippen LogP contribution is -2.09. The van der Waals surface area contributed by atoms with Gasteiger partial charge in [0.2, 0.25) is 0 Å². The van der Waals surface area contributed by atoms with E-state index >= 15 is 0 Å². The van der Waals surface area contributed by atoms with Crippen molar-refractivity contribution in [3.63, 3.8) is 0 Å². The van der Waals surface area contributed by atoms with Gasteiger partial charge in [0.05, 0.1) is 10.9 Å². The number of hydrogen-bond donors (Lipinski definition) is 1. The molecule has 1 aromatic carbocycles. The van der Waals surface area contributed by atoms with E-state index in [9.17, 15) is 4.79 Å². The quantitative estimate of drug-likeness (QED) is 0.773. The van der Waals surface area contributed by atoms with Crippen LogP contribution in [0.1, 0.15) is 10.7 Å². The van der Waals surface area contributed by atoms with Crippen LogP contribution in [-0.2, 0) is 0 Å². The molecule has 2 heterocycles. The Kier molecular flexibility index (Phi) is 3.31. The Morgan fingerprint density at radius 2 is 2.11 bits per heavy atom. The van der Waals surface area contributed by atoms with Crippen molar-refractivity contribution in [3.05, 3.63) is 61.2 Å². The van der Waals surface area contributed by atoms with Crippen LogP contribution in [-0.4, -0.2) is 9.97 Å². The number of halogens is 1. The minimum absolute atomic E-state index is 0.113. The van der Waals surface area contributed by atoms with Crippen molar-refractivity contribution < 1.29 is 0 Å². The summed E-state index contributed by atoms with van der Waals surface area (Å²) in [6.45, 7) is 0. The van der Waals surface area contributed by atoms with E-state index in [1.807, 2.05) is 41.8 Å². The molecular weight excluding hydrogens is 324 g/mol. The largest absolute Gasteiger partial charge is 0.306 e. The first-order valence-corrected chi connectivity index (χ1v) is 7.31. The van der Waals surface area contributed by atoms with Crippen molar-refractivity contribution in [1.29, 1.82) is 0 Å². The molecular formula is C14H9BrN2OS. The maximum absolute atomic E-state index is 11.9. The number of hydrogen-bond acceptors (Lipinski definition) is 3. The number of benzene rings is 1.